The molecule has 4 heterocycles. The zero-order valence-corrected chi connectivity index (χ0v) is 34.3. The fourth-order valence-corrected chi connectivity index (χ4v) is 6.96. The van der Waals surface area contributed by atoms with Crippen molar-refractivity contribution in [2.24, 2.45) is 0 Å². The second kappa shape index (κ2) is 18.0. The second-order valence-electron chi connectivity index (χ2n) is 15.5. The number of aromatic amines is 1. The van der Waals surface area contributed by atoms with Gasteiger partial charge in [0, 0.05) is 59.7 Å². The van der Waals surface area contributed by atoms with Crippen molar-refractivity contribution in [3.05, 3.63) is 89.9 Å². The molecule has 1 saturated heterocycles. The van der Waals surface area contributed by atoms with E-state index in [2.05, 4.69) is 51.9 Å². The summed E-state index contributed by atoms with van der Waals surface area (Å²) in [5.74, 6) is -2.09. The van der Waals surface area contributed by atoms with Gasteiger partial charge in [0.05, 0.1) is 35.4 Å². The van der Waals surface area contributed by atoms with Crippen LogP contribution in [0.2, 0.25) is 0 Å². The summed E-state index contributed by atoms with van der Waals surface area (Å²) in [5.41, 5.74) is 4.53. The molecule has 2 aliphatic heterocycles. The molecule has 3 aromatic carbocycles. The number of ether oxygens (including phenoxy) is 3. The van der Waals surface area contributed by atoms with Gasteiger partial charge < -0.3 is 24.8 Å². The summed E-state index contributed by atoms with van der Waals surface area (Å²) in [7, 11) is 0. The standard InChI is InChI=1S/C43H47N9O9/c1-5-7-37(54)61-25-51-36(53)17-16-33(40(51)56)52-39(55)29-8-6-9-30(38(29)41(52)57)44-18-19-59-20-21-60-28-14-15-32-31(22-28)45-24-50(32)27-12-10-26(11-13-27)46-42(58)47-35-23-34(48-49-35)43(2,3)4/h6,8-15,22-24,33,44H,5,7,16-21,25H2,1-4H3,(H3,46,47,48,49,58). The quantitative estimate of drug-likeness (QED) is 0.0542. The van der Waals surface area contributed by atoms with E-state index in [1.54, 1.807) is 37.5 Å². The molecule has 1 atom stereocenters. The molecule has 0 bridgehead atoms. The van der Waals surface area contributed by atoms with Crippen LogP contribution in [0, 0.1) is 0 Å². The summed E-state index contributed by atoms with van der Waals surface area (Å²) in [6.07, 6.45) is 2.27. The van der Waals surface area contributed by atoms with Crippen LogP contribution in [-0.4, -0.2) is 104 Å². The van der Waals surface area contributed by atoms with E-state index in [0.29, 0.717) is 35.9 Å². The predicted molar refractivity (Wildman–Crippen MR) is 223 cm³/mol. The minimum absolute atomic E-state index is 0.0257. The normalized spacial score (nSPS) is 15.3. The highest BCUT2D eigenvalue weighted by atomic mass is 16.5. The lowest BCUT2D eigenvalue weighted by atomic mass is 9.92. The minimum Gasteiger partial charge on any atom is -0.491 e. The molecule has 7 rings (SSSR count). The molecule has 2 aliphatic rings. The number of benzene rings is 3. The molecule has 5 aromatic rings. The molecular weight excluding hydrogens is 787 g/mol. The van der Waals surface area contributed by atoms with Crippen LogP contribution in [0.5, 0.6) is 5.75 Å². The zero-order chi connectivity index (χ0) is 43.3. The number of nitrogens with zero attached hydrogens (tertiary/aromatic N) is 5. The number of hydrogen-bond acceptors (Lipinski definition) is 12. The Labute approximate surface area is 350 Å². The van der Waals surface area contributed by atoms with Crippen LogP contribution in [0.1, 0.15) is 79.8 Å². The second-order valence-corrected chi connectivity index (χ2v) is 15.5. The molecule has 1 unspecified atom stereocenters. The molecule has 1 fully saturated rings. The molecule has 0 radical (unpaired) electrons. The van der Waals surface area contributed by atoms with Gasteiger partial charge in [-0.1, -0.05) is 33.8 Å². The molecule has 18 nitrogen and oxygen atoms in total. The number of nitrogens with one attached hydrogen (secondary N) is 4. The average molecular weight is 834 g/mol. The molecule has 318 valence electrons. The van der Waals surface area contributed by atoms with Crippen LogP contribution in [0.4, 0.5) is 22.0 Å². The lowest BCUT2D eigenvalue weighted by Crippen LogP contribution is -2.56. The summed E-state index contributed by atoms with van der Waals surface area (Å²) >= 11 is 0. The van der Waals surface area contributed by atoms with Crippen LogP contribution in [0.15, 0.2) is 73.1 Å². The van der Waals surface area contributed by atoms with Gasteiger partial charge in [-0.15, -0.1) is 0 Å². The molecule has 61 heavy (non-hydrogen) atoms. The van der Waals surface area contributed by atoms with Crippen molar-refractivity contribution in [1.29, 1.82) is 0 Å². The first-order valence-corrected chi connectivity index (χ1v) is 20.0. The van der Waals surface area contributed by atoms with Crippen LogP contribution < -0.4 is 20.7 Å². The van der Waals surface area contributed by atoms with E-state index in [1.807, 2.05) is 41.0 Å². The van der Waals surface area contributed by atoms with Gasteiger partial charge in [0.2, 0.25) is 5.91 Å². The lowest BCUT2D eigenvalue weighted by Gasteiger charge is -2.34. The van der Waals surface area contributed by atoms with Crippen LogP contribution in [0.3, 0.4) is 0 Å². The van der Waals surface area contributed by atoms with Crippen molar-refractivity contribution in [2.45, 2.75) is 64.8 Å². The van der Waals surface area contributed by atoms with E-state index in [1.165, 1.54) is 6.07 Å². The number of amides is 6. The van der Waals surface area contributed by atoms with E-state index >= 15 is 0 Å². The molecule has 4 N–H and O–H groups in total. The van der Waals surface area contributed by atoms with Gasteiger partial charge in [-0.25, -0.2) is 14.7 Å². The highest BCUT2D eigenvalue weighted by Gasteiger charge is 2.48. The van der Waals surface area contributed by atoms with Crippen molar-refractivity contribution in [2.75, 3.05) is 49.0 Å². The largest absolute Gasteiger partial charge is 0.491 e. The number of urea groups is 1. The number of carbonyl (C=O) groups excluding carboxylic acids is 6. The van der Waals surface area contributed by atoms with E-state index < -0.39 is 48.4 Å². The molecule has 2 aromatic heterocycles. The van der Waals surface area contributed by atoms with Gasteiger partial charge in [0.1, 0.15) is 24.7 Å². The Morgan fingerprint density at radius 3 is 2.49 bits per heavy atom. The molecule has 0 spiro atoms. The van der Waals surface area contributed by atoms with Crippen LogP contribution in [-0.2, 0) is 29.3 Å². The van der Waals surface area contributed by atoms with Crippen molar-refractivity contribution < 1.29 is 43.0 Å². The average Bonchev–Trinajstić information content (AvgIpc) is 3.94. The number of H-pyrrole nitrogens is 1. The number of carbonyl (C=O) groups is 6. The minimum atomic E-state index is -1.21. The highest BCUT2D eigenvalue weighted by molar-refractivity contribution is 6.25. The van der Waals surface area contributed by atoms with Gasteiger partial charge in [0.25, 0.3) is 17.7 Å². The number of piperidine rings is 1. The maximum atomic E-state index is 13.6. The number of rotatable bonds is 16. The van der Waals surface area contributed by atoms with Crippen molar-refractivity contribution in [3.63, 3.8) is 0 Å². The van der Waals surface area contributed by atoms with Crippen molar-refractivity contribution >= 4 is 63.9 Å². The van der Waals surface area contributed by atoms with Crippen LogP contribution >= 0.6 is 0 Å². The first-order valence-electron chi connectivity index (χ1n) is 20.0. The molecule has 18 heteroatoms. The number of likely N-dealkylation sites (tertiary alicyclic amines) is 1. The maximum absolute atomic E-state index is 13.6. The third-order valence-electron chi connectivity index (χ3n) is 10.2. The zero-order valence-electron chi connectivity index (χ0n) is 34.3. The molecule has 0 saturated carbocycles. The van der Waals surface area contributed by atoms with Gasteiger partial charge in [-0.3, -0.25) is 43.9 Å². The molecule has 0 aliphatic carbocycles. The number of hydrogen-bond donors (Lipinski definition) is 4. The van der Waals surface area contributed by atoms with E-state index in [9.17, 15) is 28.8 Å². The van der Waals surface area contributed by atoms with Gasteiger partial charge in [-0.2, -0.15) is 5.10 Å². The Balaban J connectivity index is 0.858. The summed E-state index contributed by atoms with van der Waals surface area (Å²) in [5, 5.41) is 15.8. The first-order chi connectivity index (χ1) is 29.3. The fourth-order valence-electron chi connectivity index (χ4n) is 6.96. The number of anilines is 3. The Hall–Kier alpha value is -7.08. The van der Waals surface area contributed by atoms with Gasteiger partial charge >= 0.3 is 12.0 Å². The number of aromatic nitrogens is 4. The fraction of sp³-hybridized carbons (Fsp3) is 0.349. The number of imidazole rings is 1. The SMILES string of the molecule is CCCC(=O)OCN1C(=O)CCC(N2C(=O)c3cccc(NCCOCCOc4ccc5c(c4)ncn5-c4ccc(NC(=O)Nc5cc(C(C)(C)C)[nH]n5)cc4)c3C2=O)C1=O. The molecular formula is C43H47N9O9. The lowest BCUT2D eigenvalue weighted by molar-refractivity contribution is -0.163. The third kappa shape index (κ3) is 9.38. The van der Waals surface area contributed by atoms with Gasteiger partial charge in [-0.05, 0) is 61.4 Å². The van der Waals surface area contributed by atoms with Crippen LogP contribution in [0.25, 0.3) is 16.7 Å². The smallest absolute Gasteiger partial charge is 0.324 e. The Bertz CT molecular complexity index is 2470. The van der Waals surface area contributed by atoms with Crippen molar-refractivity contribution in [3.8, 4) is 11.4 Å². The monoisotopic (exact) mass is 833 g/mol. The summed E-state index contributed by atoms with van der Waals surface area (Å²) < 4.78 is 18.7. The third-order valence-corrected chi connectivity index (χ3v) is 10.2. The maximum Gasteiger partial charge on any atom is 0.324 e. The predicted octanol–water partition coefficient (Wildman–Crippen LogP) is 5.61. The van der Waals surface area contributed by atoms with Crippen molar-refractivity contribution in [1.82, 2.24) is 29.5 Å². The highest BCUT2D eigenvalue weighted by Crippen LogP contribution is 2.33. The van der Waals surface area contributed by atoms with E-state index in [-0.39, 0.29) is 55.6 Å². The Kier molecular flexibility index (Phi) is 12.4. The summed E-state index contributed by atoms with van der Waals surface area (Å²) in [6, 6.07) is 18.0. The van der Waals surface area contributed by atoms with E-state index in [0.717, 1.165) is 32.2 Å². The molecule has 6 amide bonds. The number of esters is 1. The van der Waals surface area contributed by atoms with E-state index in [4.69, 9.17) is 14.2 Å². The topological polar surface area (TPSA) is 219 Å². The van der Waals surface area contributed by atoms with Gasteiger partial charge in [0.15, 0.2) is 12.5 Å². The summed E-state index contributed by atoms with van der Waals surface area (Å²) in [6.45, 7) is 8.50. The first kappa shape index (κ1) is 42.1. The summed E-state index contributed by atoms with van der Waals surface area (Å²) in [4.78, 5) is 83.5. The Morgan fingerprint density at radius 1 is 0.934 bits per heavy atom. The Morgan fingerprint density at radius 2 is 1.74 bits per heavy atom. The number of imide groups is 2. The number of fused-ring (bicyclic) bond motifs is 2.